The summed E-state index contributed by atoms with van der Waals surface area (Å²) in [6.07, 6.45) is -0.295. The Morgan fingerprint density at radius 1 is 1.33 bits per heavy atom. The molecule has 1 aromatic carbocycles. The molecule has 0 saturated carbocycles. The van der Waals surface area contributed by atoms with Crippen molar-refractivity contribution in [1.29, 1.82) is 0 Å². The first-order valence-electron chi connectivity index (χ1n) is 6.31. The molecule has 1 saturated heterocycles. The number of rotatable bonds is 2. The van der Waals surface area contributed by atoms with Crippen LogP contribution in [0.4, 0.5) is 20.2 Å². The number of hydrogen-bond donors (Lipinski definition) is 1. The second-order valence-electron chi connectivity index (χ2n) is 5.81. The number of anilines is 2. The summed E-state index contributed by atoms with van der Waals surface area (Å²) in [6, 6.07) is 4.81. The van der Waals surface area contributed by atoms with E-state index >= 15 is 0 Å². The molecule has 2 rings (SSSR count). The summed E-state index contributed by atoms with van der Waals surface area (Å²) in [5, 5.41) is 0. The van der Waals surface area contributed by atoms with Crippen LogP contribution in [0.5, 0.6) is 0 Å². The topological polar surface area (TPSA) is 29.3 Å². The van der Waals surface area contributed by atoms with Crippen LogP contribution in [0.25, 0.3) is 0 Å². The van der Waals surface area contributed by atoms with Crippen molar-refractivity contribution in [2.24, 2.45) is 5.41 Å². The van der Waals surface area contributed by atoms with Crippen LogP contribution in [0.2, 0.25) is 0 Å². The summed E-state index contributed by atoms with van der Waals surface area (Å²) >= 11 is 0. The zero-order chi connectivity index (χ0) is 13.3. The molecule has 1 heterocycles. The monoisotopic (exact) mass is 254 g/mol. The van der Waals surface area contributed by atoms with Gasteiger partial charge in [0.05, 0.1) is 0 Å². The lowest BCUT2D eigenvalue weighted by Crippen LogP contribution is -2.40. The van der Waals surface area contributed by atoms with Crippen LogP contribution in [-0.4, -0.2) is 13.1 Å². The lowest BCUT2D eigenvalue weighted by Gasteiger charge is -2.40. The van der Waals surface area contributed by atoms with Crippen LogP contribution >= 0.6 is 0 Å². The minimum Gasteiger partial charge on any atom is -0.399 e. The minimum absolute atomic E-state index is 0.0488. The lowest BCUT2D eigenvalue weighted by atomic mass is 9.84. The molecular formula is C14H20F2N2. The van der Waals surface area contributed by atoms with E-state index in [2.05, 4.69) is 18.7 Å². The Bertz CT molecular complexity index is 430. The number of benzene rings is 1. The molecule has 1 aliphatic heterocycles. The third-order valence-electron chi connectivity index (χ3n) is 3.53. The third-order valence-corrected chi connectivity index (χ3v) is 3.53. The van der Waals surface area contributed by atoms with Crippen molar-refractivity contribution >= 4 is 11.4 Å². The van der Waals surface area contributed by atoms with E-state index in [1.165, 1.54) is 6.07 Å². The summed E-state index contributed by atoms with van der Waals surface area (Å²) in [5.41, 5.74) is 6.85. The molecule has 4 heteroatoms. The first-order valence-corrected chi connectivity index (χ1v) is 6.31. The van der Waals surface area contributed by atoms with E-state index in [-0.39, 0.29) is 11.0 Å². The summed E-state index contributed by atoms with van der Waals surface area (Å²) in [6.45, 7) is 6.01. The van der Waals surface area contributed by atoms with Gasteiger partial charge in [0.15, 0.2) is 0 Å². The molecule has 18 heavy (non-hydrogen) atoms. The number of halogens is 2. The Hall–Kier alpha value is -1.32. The number of piperidine rings is 1. The molecule has 0 aliphatic carbocycles. The van der Waals surface area contributed by atoms with E-state index in [0.717, 1.165) is 25.9 Å². The number of nitrogens with zero attached hydrogens (tertiary/aromatic N) is 1. The van der Waals surface area contributed by atoms with Crippen molar-refractivity contribution in [1.82, 2.24) is 0 Å². The Balaban J connectivity index is 2.32. The van der Waals surface area contributed by atoms with Gasteiger partial charge in [0.1, 0.15) is 0 Å². The van der Waals surface area contributed by atoms with Gasteiger partial charge in [0, 0.05) is 30.0 Å². The van der Waals surface area contributed by atoms with Crippen molar-refractivity contribution in [3.05, 3.63) is 23.8 Å². The lowest BCUT2D eigenvalue weighted by molar-refractivity contribution is 0.151. The van der Waals surface area contributed by atoms with Crippen molar-refractivity contribution in [2.45, 2.75) is 33.1 Å². The number of nitrogens with two attached hydrogens (primary N) is 1. The highest BCUT2D eigenvalue weighted by molar-refractivity contribution is 5.60. The van der Waals surface area contributed by atoms with Crippen molar-refractivity contribution in [3.63, 3.8) is 0 Å². The fraction of sp³-hybridized carbons (Fsp3) is 0.571. The van der Waals surface area contributed by atoms with Crippen LogP contribution in [0.3, 0.4) is 0 Å². The average molecular weight is 254 g/mol. The van der Waals surface area contributed by atoms with Gasteiger partial charge >= 0.3 is 0 Å². The molecule has 0 aromatic heterocycles. The maximum Gasteiger partial charge on any atom is 0.265 e. The quantitative estimate of drug-likeness (QED) is 0.813. The largest absolute Gasteiger partial charge is 0.399 e. The predicted octanol–water partition coefficient (Wildman–Crippen LogP) is 3.83. The summed E-state index contributed by atoms with van der Waals surface area (Å²) in [4.78, 5) is 2.06. The van der Waals surface area contributed by atoms with Crippen LogP contribution in [0, 0.1) is 5.41 Å². The molecule has 1 aromatic rings. The van der Waals surface area contributed by atoms with Crippen LogP contribution < -0.4 is 10.6 Å². The molecule has 2 nitrogen and oxygen atoms in total. The van der Waals surface area contributed by atoms with Gasteiger partial charge in [-0.1, -0.05) is 13.8 Å². The van der Waals surface area contributed by atoms with Gasteiger partial charge < -0.3 is 10.6 Å². The van der Waals surface area contributed by atoms with E-state index in [1.54, 1.807) is 12.1 Å². The zero-order valence-electron chi connectivity index (χ0n) is 10.9. The SMILES string of the molecule is CC1(C)CCCN(c2ccc(N)cc2C(F)F)C1. The molecule has 1 fully saturated rings. The number of nitrogen functional groups attached to an aromatic ring is 1. The van der Waals surface area contributed by atoms with Crippen molar-refractivity contribution < 1.29 is 8.78 Å². The zero-order valence-corrected chi connectivity index (χ0v) is 10.9. The normalized spacial score (nSPS) is 19.3. The van der Waals surface area contributed by atoms with Crippen LogP contribution in [0.1, 0.15) is 38.7 Å². The van der Waals surface area contributed by atoms with Crippen molar-refractivity contribution in [2.75, 3.05) is 23.7 Å². The van der Waals surface area contributed by atoms with Gasteiger partial charge in [0.25, 0.3) is 6.43 Å². The van der Waals surface area contributed by atoms with Gasteiger partial charge in [-0.25, -0.2) is 8.78 Å². The Kier molecular flexibility index (Phi) is 3.46. The van der Waals surface area contributed by atoms with Crippen molar-refractivity contribution in [3.8, 4) is 0 Å². The fourth-order valence-corrected chi connectivity index (χ4v) is 2.66. The highest BCUT2D eigenvalue weighted by Crippen LogP contribution is 2.36. The molecule has 0 radical (unpaired) electrons. The molecule has 0 bridgehead atoms. The Morgan fingerprint density at radius 3 is 2.67 bits per heavy atom. The van der Waals surface area contributed by atoms with Gasteiger partial charge in [-0.3, -0.25) is 0 Å². The molecule has 0 atom stereocenters. The van der Waals surface area contributed by atoms with Gasteiger partial charge in [-0.05, 0) is 36.5 Å². The molecule has 0 unspecified atom stereocenters. The van der Waals surface area contributed by atoms with E-state index in [4.69, 9.17) is 5.73 Å². The number of hydrogen-bond acceptors (Lipinski definition) is 2. The standard InChI is InChI=1S/C14H20F2N2/c1-14(2)6-3-7-18(9-14)12-5-4-10(17)8-11(12)13(15)16/h4-5,8,13H,3,6-7,9,17H2,1-2H3. The molecule has 100 valence electrons. The van der Waals surface area contributed by atoms with E-state index in [9.17, 15) is 8.78 Å². The molecule has 0 amide bonds. The summed E-state index contributed by atoms with van der Waals surface area (Å²) < 4.78 is 26.1. The molecule has 1 aliphatic rings. The van der Waals surface area contributed by atoms with E-state index in [1.807, 2.05) is 0 Å². The molecular weight excluding hydrogens is 234 g/mol. The van der Waals surface area contributed by atoms with Crippen LogP contribution in [-0.2, 0) is 0 Å². The van der Waals surface area contributed by atoms with Gasteiger partial charge in [-0.2, -0.15) is 0 Å². The Labute approximate surface area is 107 Å². The van der Waals surface area contributed by atoms with Gasteiger partial charge in [0.2, 0.25) is 0 Å². The molecule has 2 N–H and O–H groups in total. The minimum atomic E-state index is -2.48. The Morgan fingerprint density at radius 2 is 2.06 bits per heavy atom. The smallest absolute Gasteiger partial charge is 0.265 e. The second kappa shape index (κ2) is 4.75. The third kappa shape index (κ3) is 2.74. The van der Waals surface area contributed by atoms with Gasteiger partial charge in [-0.15, -0.1) is 0 Å². The fourth-order valence-electron chi connectivity index (χ4n) is 2.66. The van der Waals surface area contributed by atoms with Crippen LogP contribution in [0.15, 0.2) is 18.2 Å². The predicted molar refractivity (Wildman–Crippen MR) is 71.0 cm³/mol. The first-order chi connectivity index (χ1) is 8.39. The average Bonchev–Trinajstić information content (AvgIpc) is 2.27. The summed E-state index contributed by atoms with van der Waals surface area (Å²) in [5.74, 6) is 0. The highest BCUT2D eigenvalue weighted by atomic mass is 19.3. The van der Waals surface area contributed by atoms with E-state index < -0.39 is 6.43 Å². The second-order valence-corrected chi connectivity index (χ2v) is 5.81. The maximum absolute atomic E-state index is 13.1. The number of alkyl halides is 2. The summed E-state index contributed by atoms with van der Waals surface area (Å²) in [7, 11) is 0. The molecule has 0 spiro atoms. The van der Waals surface area contributed by atoms with E-state index in [0.29, 0.717) is 11.4 Å². The first kappa shape index (κ1) is 13.1. The highest BCUT2D eigenvalue weighted by Gasteiger charge is 2.28. The maximum atomic E-state index is 13.1.